The maximum absolute atomic E-state index is 12.7. The average molecular weight is 233 g/mol. The lowest BCUT2D eigenvalue weighted by Gasteiger charge is -2.03. The molecule has 0 saturated carbocycles. The number of amides is 1. The molecular formula is C12H12FN3O. The van der Waals surface area contributed by atoms with Gasteiger partial charge in [0.1, 0.15) is 5.82 Å². The van der Waals surface area contributed by atoms with Crippen molar-refractivity contribution in [3.8, 4) is 0 Å². The molecule has 1 aromatic carbocycles. The van der Waals surface area contributed by atoms with Gasteiger partial charge >= 0.3 is 0 Å². The molecule has 0 unspecified atom stereocenters. The van der Waals surface area contributed by atoms with Crippen LogP contribution in [0.25, 0.3) is 0 Å². The van der Waals surface area contributed by atoms with Crippen molar-refractivity contribution in [1.29, 1.82) is 0 Å². The number of hydrogen-bond donors (Lipinski definition) is 1. The van der Waals surface area contributed by atoms with Gasteiger partial charge < -0.3 is 5.32 Å². The molecule has 2 rings (SSSR count). The molecule has 0 aliphatic carbocycles. The topological polar surface area (TPSA) is 46.9 Å². The molecule has 4 nitrogen and oxygen atoms in total. The van der Waals surface area contributed by atoms with Gasteiger partial charge in [0.15, 0.2) is 0 Å². The van der Waals surface area contributed by atoms with Crippen LogP contribution in [0.5, 0.6) is 0 Å². The Bertz CT molecular complexity index is 519. The number of nitrogens with one attached hydrogen (secondary N) is 1. The number of carbonyl (C=O) groups is 1. The number of rotatable bonds is 3. The highest BCUT2D eigenvalue weighted by molar-refractivity contribution is 5.94. The Morgan fingerprint density at radius 2 is 2.12 bits per heavy atom. The summed E-state index contributed by atoms with van der Waals surface area (Å²) in [5, 5.41) is 6.73. The minimum Gasteiger partial charge on any atom is -0.348 e. The summed E-state index contributed by atoms with van der Waals surface area (Å²) >= 11 is 0. The highest BCUT2D eigenvalue weighted by atomic mass is 19.1. The number of carbonyl (C=O) groups excluding carboxylic acids is 1. The molecule has 0 saturated heterocycles. The lowest BCUT2D eigenvalue weighted by molar-refractivity contribution is 0.0951. The molecule has 0 atom stereocenters. The fourth-order valence-electron chi connectivity index (χ4n) is 1.45. The highest BCUT2D eigenvalue weighted by Gasteiger charge is 2.05. The van der Waals surface area contributed by atoms with E-state index in [1.54, 1.807) is 10.9 Å². The quantitative estimate of drug-likeness (QED) is 0.873. The molecule has 1 heterocycles. The molecule has 1 amide bonds. The van der Waals surface area contributed by atoms with Crippen LogP contribution >= 0.6 is 0 Å². The number of hydrogen-bond acceptors (Lipinski definition) is 2. The zero-order valence-corrected chi connectivity index (χ0v) is 9.35. The molecule has 0 radical (unpaired) electrons. The second-order valence-electron chi connectivity index (χ2n) is 3.71. The van der Waals surface area contributed by atoms with Crippen LogP contribution in [0.3, 0.4) is 0 Å². The van der Waals surface area contributed by atoms with Gasteiger partial charge in [0.2, 0.25) is 0 Å². The van der Waals surface area contributed by atoms with Gasteiger partial charge in [-0.2, -0.15) is 5.10 Å². The van der Waals surface area contributed by atoms with Crippen LogP contribution in [-0.4, -0.2) is 15.7 Å². The van der Waals surface area contributed by atoms with Crippen molar-refractivity contribution in [3.05, 3.63) is 53.6 Å². The van der Waals surface area contributed by atoms with Crippen LogP contribution in [0.1, 0.15) is 15.9 Å². The van der Waals surface area contributed by atoms with Crippen molar-refractivity contribution in [1.82, 2.24) is 15.1 Å². The van der Waals surface area contributed by atoms with E-state index in [0.29, 0.717) is 12.1 Å². The van der Waals surface area contributed by atoms with Crippen molar-refractivity contribution in [2.24, 2.45) is 7.05 Å². The van der Waals surface area contributed by atoms with E-state index in [2.05, 4.69) is 10.4 Å². The number of aryl methyl sites for hydroxylation is 1. The van der Waals surface area contributed by atoms with Crippen LogP contribution in [0.4, 0.5) is 4.39 Å². The minimum absolute atomic E-state index is 0.228. The van der Waals surface area contributed by atoms with Crippen molar-refractivity contribution in [2.45, 2.75) is 6.54 Å². The maximum atomic E-state index is 12.7. The molecule has 0 aliphatic rings. The first-order chi connectivity index (χ1) is 8.15. The summed E-state index contributed by atoms with van der Waals surface area (Å²) in [6.45, 7) is 0.407. The third kappa shape index (κ3) is 2.90. The summed E-state index contributed by atoms with van der Waals surface area (Å²) in [4.78, 5) is 11.7. The van der Waals surface area contributed by atoms with Gasteiger partial charge in [-0.15, -0.1) is 0 Å². The van der Waals surface area contributed by atoms with Gasteiger partial charge in [-0.05, 0) is 24.3 Å². The van der Waals surface area contributed by atoms with Crippen molar-refractivity contribution < 1.29 is 9.18 Å². The number of aromatic nitrogens is 2. The normalized spacial score (nSPS) is 10.2. The molecule has 0 aliphatic heterocycles. The molecule has 88 valence electrons. The molecule has 0 fully saturated rings. The lowest BCUT2D eigenvalue weighted by atomic mass is 10.2. The van der Waals surface area contributed by atoms with Gasteiger partial charge in [0.05, 0.1) is 6.20 Å². The Morgan fingerprint density at radius 3 is 2.71 bits per heavy atom. The highest BCUT2D eigenvalue weighted by Crippen LogP contribution is 2.03. The van der Waals surface area contributed by atoms with Gasteiger partial charge in [-0.3, -0.25) is 9.48 Å². The van der Waals surface area contributed by atoms with Crippen LogP contribution in [0.2, 0.25) is 0 Å². The van der Waals surface area contributed by atoms with Crippen LogP contribution in [0.15, 0.2) is 36.7 Å². The smallest absolute Gasteiger partial charge is 0.251 e. The summed E-state index contributed by atoms with van der Waals surface area (Å²) in [6, 6.07) is 5.43. The van der Waals surface area contributed by atoms with Gasteiger partial charge in [-0.25, -0.2) is 4.39 Å². The van der Waals surface area contributed by atoms with Gasteiger partial charge in [0, 0.05) is 30.9 Å². The lowest BCUT2D eigenvalue weighted by Crippen LogP contribution is -2.22. The molecule has 1 N–H and O–H groups in total. The SMILES string of the molecule is Cn1cc(CNC(=O)c2ccc(F)cc2)cn1. The summed E-state index contributed by atoms with van der Waals surface area (Å²) in [7, 11) is 1.81. The van der Waals surface area contributed by atoms with Crippen molar-refractivity contribution >= 4 is 5.91 Å². The number of benzene rings is 1. The standard InChI is InChI=1S/C12H12FN3O/c1-16-8-9(7-15-16)6-14-12(17)10-2-4-11(13)5-3-10/h2-5,7-8H,6H2,1H3,(H,14,17). The summed E-state index contributed by atoms with van der Waals surface area (Å²) in [6.07, 6.45) is 3.51. The zero-order chi connectivity index (χ0) is 12.3. The van der Waals surface area contributed by atoms with Crippen molar-refractivity contribution in [3.63, 3.8) is 0 Å². The first-order valence-corrected chi connectivity index (χ1v) is 5.16. The Balaban J connectivity index is 1.95. The second-order valence-corrected chi connectivity index (χ2v) is 3.71. The van der Waals surface area contributed by atoms with Crippen LogP contribution in [0, 0.1) is 5.82 Å². The summed E-state index contributed by atoms with van der Waals surface area (Å²) in [5.74, 6) is -0.581. The Morgan fingerprint density at radius 1 is 1.41 bits per heavy atom. The minimum atomic E-state index is -0.353. The Kier molecular flexibility index (Phi) is 3.18. The van der Waals surface area contributed by atoms with Crippen LogP contribution < -0.4 is 5.32 Å². The van der Waals surface area contributed by atoms with E-state index in [0.717, 1.165) is 5.56 Å². The number of halogens is 1. The maximum Gasteiger partial charge on any atom is 0.251 e. The van der Waals surface area contributed by atoms with Gasteiger partial charge in [-0.1, -0.05) is 0 Å². The Hall–Kier alpha value is -2.17. The van der Waals surface area contributed by atoms with Crippen molar-refractivity contribution in [2.75, 3.05) is 0 Å². The Labute approximate surface area is 98.1 Å². The molecular weight excluding hydrogens is 221 g/mol. The van der Waals surface area contributed by atoms with E-state index in [-0.39, 0.29) is 11.7 Å². The van der Waals surface area contributed by atoms with E-state index in [9.17, 15) is 9.18 Å². The number of nitrogens with zero attached hydrogens (tertiary/aromatic N) is 2. The molecule has 2 aromatic rings. The first kappa shape index (κ1) is 11.3. The predicted octanol–water partition coefficient (Wildman–Crippen LogP) is 1.49. The third-order valence-corrected chi connectivity index (χ3v) is 2.32. The summed E-state index contributed by atoms with van der Waals surface area (Å²) in [5.41, 5.74) is 1.36. The summed E-state index contributed by atoms with van der Waals surface area (Å²) < 4.78 is 14.3. The molecule has 17 heavy (non-hydrogen) atoms. The average Bonchev–Trinajstić information content (AvgIpc) is 2.73. The van der Waals surface area contributed by atoms with E-state index in [1.165, 1.54) is 24.3 Å². The monoisotopic (exact) mass is 233 g/mol. The van der Waals surface area contributed by atoms with Gasteiger partial charge in [0.25, 0.3) is 5.91 Å². The fraction of sp³-hybridized carbons (Fsp3) is 0.167. The van der Waals surface area contributed by atoms with Crippen LogP contribution in [-0.2, 0) is 13.6 Å². The fourth-order valence-corrected chi connectivity index (χ4v) is 1.45. The first-order valence-electron chi connectivity index (χ1n) is 5.16. The van der Waals surface area contributed by atoms with E-state index >= 15 is 0 Å². The van der Waals surface area contributed by atoms with E-state index < -0.39 is 0 Å². The van der Waals surface area contributed by atoms with E-state index in [1.807, 2.05) is 13.2 Å². The molecule has 0 spiro atoms. The predicted molar refractivity (Wildman–Crippen MR) is 60.8 cm³/mol. The third-order valence-electron chi connectivity index (χ3n) is 2.32. The largest absolute Gasteiger partial charge is 0.348 e. The van der Waals surface area contributed by atoms with E-state index in [4.69, 9.17) is 0 Å². The molecule has 5 heteroatoms. The molecule has 1 aromatic heterocycles. The molecule has 0 bridgehead atoms. The zero-order valence-electron chi connectivity index (χ0n) is 9.35. The second kappa shape index (κ2) is 4.78.